The zero-order valence-electron chi connectivity index (χ0n) is 8.89. The fraction of sp³-hybridized carbons (Fsp3) is 0.538. The molecule has 0 unspecified atom stereocenters. The summed E-state index contributed by atoms with van der Waals surface area (Å²) in [5.41, 5.74) is 2.48. The molecule has 3 rings (SSSR count). The molecule has 2 nitrogen and oxygen atoms in total. The second-order valence-electron chi connectivity index (χ2n) is 4.66. The summed E-state index contributed by atoms with van der Waals surface area (Å²) in [6, 6.07) is 8.64. The highest BCUT2D eigenvalue weighted by molar-refractivity contribution is 5.35. The number of benzene rings is 1. The molecular weight excluding hydrogens is 186 g/mol. The average Bonchev–Trinajstić information content (AvgIpc) is 2.87. The van der Waals surface area contributed by atoms with Crippen LogP contribution in [0.3, 0.4) is 0 Å². The number of fused-ring (bicyclic) bond motifs is 1. The molecule has 2 heteroatoms. The Morgan fingerprint density at radius 1 is 1.13 bits per heavy atom. The first-order valence-corrected chi connectivity index (χ1v) is 5.86. The minimum Gasteiger partial charge on any atom is -0.387 e. The molecule has 0 amide bonds. The minimum absolute atomic E-state index is 0.265. The quantitative estimate of drug-likeness (QED) is 0.751. The molecule has 1 fully saturated rings. The minimum atomic E-state index is -0.265. The third-order valence-corrected chi connectivity index (χ3v) is 3.78. The van der Waals surface area contributed by atoms with Crippen LogP contribution in [0.2, 0.25) is 0 Å². The van der Waals surface area contributed by atoms with E-state index in [2.05, 4.69) is 23.1 Å². The summed E-state index contributed by atoms with van der Waals surface area (Å²) in [6.07, 6.45) is 3.34. The molecule has 0 aromatic heterocycles. The van der Waals surface area contributed by atoms with Crippen LogP contribution in [0.4, 0.5) is 0 Å². The Hall–Kier alpha value is -0.860. The molecule has 15 heavy (non-hydrogen) atoms. The first kappa shape index (κ1) is 9.37. The molecule has 0 spiro atoms. The van der Waals surface area contributed by atoms with Gasteiger partial charge in [0.25, 0.3) is 0 Å². The van der Waals surface area contributed by atoms with Gasteiger partial charge in [-0.05, 0) is 43.5 Å². The van der Waals surface area contributed by atoms with Gasteiger partial charge in [0.05, 0.1) is 6.10 Å². The molecule has 1 aromatic rings. The summed E-state index contributed by atoms with van der Waals surface area (Å²) < 4.78 is 0. The van der Waals surface area contributed by atoms with Gasteiger partial charge in [-0.15, -0.1) is 0 Å². The maximum atomic E-state index is 10.3. The van der Waals surface area contributed by atoms with Crippen LogP contribution in [0.25, 0.3) is 0 Å². The normalized spacial score (nSPS) is 30.7. The van der Waals surface area contributed by atoms with Gasteiger partial charge in [-0.3, -0.25) is 4.90 Å². The van der Waals surface area contributed by atoms with E-state index in [9.17, 15) is 5.11 Å². The molecule has 2 atom stereocenters. The third kappa shape index (κ3) is 1.48. The fourth-order valence-electron chi connectivity index (χ4n) is 2.95. The Labute approximate surface area is 90.5 Å². The molecule has 1 saturated heterocycles. The monoisotopic (exact) mass is 203 g/mol. The van der Waals surface area contributed by atoms with E-state index in [1.165, 1.54) is 18.4 Å². The molecule has 1 heterocycles. The van der Waals surface area contributed by atoms with Crippen molar-refractivity contribution < 1.29 is 5.11 Å². The van der Waals surface area contributed by atoms with Crippen molar-refractivity contribution in [1.29, 1.82) is 0 Å². The third-order valence-electron chi connectivity index (χ3n) is 3.78. The summed E-state index contributed by atoms with van der Waals surface area (Å²) >= 11 is 0. The summed E-state index contributed by atoms with van der Waals surface area (Å²) in [5, 5.41) is 10.3. The van der Waals surface area contributed by atoms with Crippen molar-refractivity contribution >= 4 is 0 Å². The Balaban J connectivity index is 1.86. The average molecular weight is 203 g/mol. The summed E-state index contributed by atoms with van der Waals surface area (Å²) in [6.45, 7) is 2.32. The number of rotatable bonds is 1. The van der Waals surface area contributed by atoms with Crippen molar-refractivity contribution in [3.63, 3.8) is 0 Å². The van der Waals surface area contributed by atoms with Gasteiger partial charge < -0.3 is 5.11 Å². The molecule has 80 valence electrons. The van der Waals surface area contributed by atoms with Gasteiger partial charge in [-0.2, -0.15) is 0 Å². The molecule has 1 aromatic carbocycles. The lowest BCUT2D eigenvalue weighted by Crippen LogP contribution is -2.35. The van der Waals surface area contributed by atoms with Crippen LogP contribution >= 0.6 is 0 Å². The molecule has 1 aliphatic carbocycles. The van der Waals surface area contributed by atoms with Crippen molar-refractivity contribution in [3.8, 4) is 0 Å². The standard InChI is InChI=1S/C13H17NO/c15-13-11-6-2-1-5-10(11)9-12(13)14-7-3-4-8-14/h1-2,5-6,12-13,15H,3-4,7-9H2/t12-,13-/m0/s1. The van der Waals surface area contributed by atoms with E-state index in [0.29, 0.717) is 6.04 Å². The zero-order valence-corrected chi connectivity index (χ0v) is 8.89. The molecule has 1 N–H and O–H groups in total. The van der Waals surface area contributed by atoms with Gasteiger partial charge in [0.1, 0.15) is 0 Å². The predicted octanol–water partition coefficient (Wildman–Crippen LogP) is 1.74. The van der Waals surface area contributed by atoms with Crippen molar-refractivity contribution in [2.24, 2.45) is 0 Å². The van der Waals surface area contributed by atoms with Crippen LogP contribution in [-0.4, -0.2) is 29.1 Å². The number of hydrogen-bond acceptors (Lipinski definition) is 2. The predicted molar refractivity (Wildman–Crippen MR) is 59.7 cm³/mol. The lowest BCUT2D eigenvalue weighted by atomic mass is 10.1. The lowest BCUT2D eigenvalue weighted by Gasteiger charge is -2.26. The van der Waals surface area contributed by atoms with Crippen molar-refractivity contribution in [3.05, 3.63) is 35.4 Å². The summed E-state index contributed by atoms with van der Waals surface area (Å²) in [4.78, 5) is 2.45. The van der Waals surface area contributed by atoms with Gasteiger partial charge >= 0.3 is 0 Å². The second-order valence-corrected chi connectivity index (χ2v) is 4.66. The molecular formula is C13H17NO. The maximum absolute atomic E-state index is 10.3. The highest BCUT2D eigenvalue weighted by atomic mass is 16.3. The van der Waals surface area contributed by atoms with Crippen LogP contribution < -0.4 is 0 Å². The van der Waals surface area contributed by atoms with E-state index in [1.54, 1.807) is 0 Å². The van der Waals surface area contributed by atoms with Crippen molar-refractivity contribution in [1.82, 2.24) is 4.90 Å². The summed E-state index contributed by atoms with van der Waals surface area (Å²) in [7, 11) is 0. The number of aliphatic hydroxyl groups is 1. The molecule has 0 saturated carbocycles. The van der Waals surface area contributed by atoms with E-state index in [0.717, 1.165) is 25.1 Å². The highest BCUT2D eigenvalue weighted by Crippen LogP contribution is 2.35. The molecule has 2 aliphatic rings. The van der Waals surface area contributed by atoms with Gasteiger partial charge in [0, 0.05) is 6.04 Å². The Morgan fingerprint density at radius 2 is 1.87 bits per heavy atom. The SMILES string of the molecule is O[C@H]1c2ccccc2C[C@@H]1N1CCCC1. The van der Waals surface area contributed by atoms with Crippen LogP contribution in [0.5, 0.6) is 0 Å². The lowest BCUT2D eigenvalue weighted by molar-refractivity contribution is 0.0750. The second kappa shape index (κ2) is 3.62. The van der Waals surface area contributed by atoms with Crippen LogP contribution in [-0.2, 0) is 6.42 Å². The first-order valence-electron chi connectivity index (χ1n) is 5.86. The zero-order chi connectivity index (χ0) is 10.3. The van der Waals surface area contributed by atoms with E-state index in [-0.39, 0.29) is 6.10 Å². The van der Waals surface area contributed by atoms with E-state index in [1.807, 2.05) is 6.07 Å². The summed E-state index contributed by atoms with van der Waals surface area (Å²) in [5.74, 6) is 0. The molecule has 0 bridgehead atoms. The van der Waals surface area contributed by atoms with E-state index in [4.69, 9.17) is 0 Å². The van der Waals surface area contributed by atoms with Gasteiger partial charge in [0.15, 0.2) is 0 Å². The van der Waals surface area contributed by atoms with Crippen LogP contribution in [0, 0.1) is 0 Å². The Bertz CT molecular complexity index is 357. The number of nitrogens with zero attached hydrogens (tertiary/aromatic N) is 1. The largest absolute Gasteiger partial charge is 0.387 e. The maximum Gasteiger partial charge on any atom is 0.0951 e. The fourth-order valence-corrected chi connectivity index (χ4v) is 2.95. The molecule has 0 radical (unpaired) electrons. The van der Waals surface area contributed by atoms with Gasteiger partial charge in [-0.1, -0.05) is 24.3 Å². The van der Waals surface area contributed by atoms with Crippen molar-refractivity contribution in [2.75, 3.05) is 13.1 Å². The van der Waals surface area contributed by atoms with E-state index < -0.39 is 0 Å². The topological polar surface area (TPSA) is 23.5 Å². The smallest absolute Gasteiger partial charge is 0.0951 e. The highest BCUT2D eigenvalue weighted by Gasteiger charge is 2.35. The number of likely N-dealkylation sites (tertiary alicyclic amines) is 1. The number of aliphatic hydroxyl groups excluding tert-OH is 1. The van der Waals surface area contributed by atoms with Gasteiger partial charge in [-0.25, -0.2) is 0 Å². The Morgan fingerprint density at radius 3 is 2.60 bits per heavy atom. The first-order chi connectivity index (χ1) is 7.36. The van der Waals surface area contributed by atoms with E-state index >= 15 is 0 Å². The van der Waals surface area contributed by atoms with Crippen LogP contribution in [0.1, 0.15) is 30.1 Å². The van der Waals surface area contributed by atoms with Crippen molar-refractivity contribution in [2.45, 2.75) is 31.4 Å². The Kier molecular flexibility index (Phi) is 2.26. The van der Waals surface area contributed by atoms with Gasteiger partial charge in [0.2, 0.25) is 0 Å². The van der Waals surface area contributed by atoms with Crippen LogP contribution in [0.15, 0.2) is 24.3 Å². The number of hydrogen-bond donors (Lipinski definition) is 1. The molecule has 1 aliphatic heterocycles.